The molecule has 2 unspecified atom stereocenters. The summed E-state index contributed by atoms with van der Waals surface area (Å²) in [5.74, 6) is 1.19. The van der Waals surface area contributed by atoms with Gasteiger partial charge in [-0.2, -0.15) is 0 Å². The first-order valence-electron chi connectivity index (χ1n) is 10.5. The molecule has 0 spiro atoms. The molecule has 2 saturated heterocycles. The number of hydrogen-bond acceptors (Lipinski definition) is 4. The highest BCUT2D eigenvalue weighted by molar-refractivity contribution is 5.95. The van der Waals surface area contributed by atoms with Gasteiger partial charge in [0.05, 0.1) is 20.1 Å². The zero-order valence-corrected chi connectivity index (χ0v) is 17.5. The third kappa shape index (κ3) is 3.99. The number of ether oxygens (including phenoxy) is 2. The van der Waals surface area contributed by atoms with Gasteiger partial charge in [-0.25, -0.2) is 0 Å². The maximum atomic E-state index is 13.3. The molecule has 4 rings (SSSR count). The van der Waals surface area contributed by atoms with E-state index in [4.69, 9.17) is 9.47 Å². The molecule has 6 heteroatoms. The quantitative estimate of drug-likeness (QED) is 0.763. The lowest BCUT2D eigenvalue weighted by Crippen LogP contribution is -2.37. The monoisotopic (exact) mass is 408 g/mol. The first kappa shape index (κ1) is 20.3. The minimum absolute atomic E-state index is 0.0530. The molecule has 2 aromatic rings. The predicted molar refractivity (Wildman–Crippen MR) is 114 cm³/mol. The zero-order chi connectivity index (χ0) is 21.1. The Hall–Kier alpha value is -3.02. The van der Waals surface area contributed by atoms with E-state index in [1.54, 1.807) is 31.3 Å². The number of nitrogens with zero attached hydrogens (tertiary/aromatic N) is 2. The van der Waals surface area contributed by atoms with Gasteiger partial charge in [0.25, 0.3) is 5.91 Å². The lowest BCUT2D eigenvalue weighted by atomic mass is 9.88. The van der Waals surface area contributed by atoms with Crippen molar-refractivity contribution < 1.29 is 19.1 Å². The molecule has 0 aliphatic carbocycles. The molecule has 0 aromatic heterocycles. The zero-order valence-electron chi connectivity index (χ0n) is 17.5. The van der Waals surface area contributed by atoms with E-state index >= 15 is 0 Å². The highest BCUT2D eigenvalue weighted by Crippen LogP contribution is 2.36. The number of amides is 2. The van der Waals surface area contributed by atoms with Gasteiger partial charge in [-0.3, -0.25) is 9.59 Å². The summed E-state index contributed by atoms with van der Waals surface area (Å²) in [7, 11) is 3.22. The Kier molecular flexibility index (Phi) is 5.93. The maximum absolute atomic E-state index is 13.3. The van der Waals surface area contributed by atoms with Gasteiger partial charge in [0.2, 0.25) is 5.91 Å². The third-order valence-electron chi connectivity index (χ3n) is 6.18. The van der Waals surface area contributed by atoms with E-state index in [0.29, 0.717) is 24.4 Å². The van der Waals surface area contributed by atoms with Crippen molar-refractivity contribution in [2.45, 2.75) is 18.8 Å². The molecule has 2 aliphatic rings. The van der Waals surface area contributed by atoms with E-state index in [9.17, 15) is 9.59 Å². The highest BCUT2D eigenvalue weighted by Gasteiger charge is 2.42. The first-order valence-corrected chi connectivity index (χ1v) is 10.5. The fourth-order valence-corrected chi connectivity index (χ4v) is 4.54. The van der Waals surface area contributed by atoms with Crippen LogP contribution in [0.4, 0.5) is 0 Å². The van der Waals surface area contributed by atoms with E-state index in [0.717, 1.165) is 37.2 Å². The Bertz CT molecular complexity index is 923. The Balaban J connectivity index is 1.62. The SMILES string of the molecule is COc1cccc(C(=O)N2CC(C(=O)N3CCCC3)C(c3cccc(OC)c3)C2)c1. The second kappa shape index (κ2) is 8.78. The molecule has 0 radical (unpaired) electrons. The Morgan fingerprint density at radius 2 is 1.53 bits per heavy atom. The van der Waals surface area contributed by atoms with Gasteiger partial charge in [0.1, 0.15) is 11.5 Å². The summed E-state index contributed by atoms with van der Waals surface area (Å²) in [5.41, 5.74) is 1.61. The second-order valence-corrected chi connectivity index (χ2v) is 7.96. The topological polar surface area (TPSA) is 59.1 Å². The summed E-state index contributed by atoms with van der Waals surface area (Å²) in [5, 5.41) is 0. The van der Waals surface area contributed by atoms with E-state index in [1.165, 1.54) is 0 Å². The van der Waals surface area contributed by atoms with Gasteiger partial charge >= 0.3 is 0 Å². The minimum Gasteiger partial charge on any atom is -0.497 e. The van der Waals surface area contributed by atoms with Crippen LogP contribution in [-0.4, -0.2) is 62.0 Å². The van der Waals surface area contributed by atoms with Crippen molar-refractivity contribution in [1.29, 1.82) is 0 Å². The van der Waals surface area contributed by atoms with Crippen LogP contribution in [0.15, 0.2) is 48.5 Å². The molecule has 0 N–H and O–H groups in total. The smallest absolute Gasteiger partial charge is 0.254 e. The average Bonchev–Trinajstić information content (AvgIpc) is 3.49. The van der Waals surface area contributed by atoms with Gasteiger partial charge in [0.15, 0.2) is 0 Å². The van der Waals surface area contributed by atoms with Crippen molar-refractivity contribution in [2.24, 2.45) is 5.92 Å². The van der Waals surface area contributed by atoms with E-state index in [1.807, 2.05) is 41.3 Å². The predicted octanol–water partition coefficient (Wildman–Crippen LogP) is 3.18. The van der Waals surface area contributed by atoms with Gasteiger partial charge < -0.3 is 19.3 Å². The van der Waals surface area contributed by atoms with Crippen LogP contribution < -0.4 is 9.47 Å². The molecular formula is C24H28N2O4. The Labute approximate surface area is 177 Å². The van der Waals surface area contributed by atoms with E-state index in [2.05, 4.69) is 0 Å². The molecule has 2 fully saturated rings. The van der Waals surface area contributed by atoms with Crippen LogP contribution in [0.1, 0.15) is 34.7 Å². The lowest BCUT2D eigenvalue weighted by Gasteiger charge is -2.24. The maximum Gasteiger partial charge on any atom is 0.254 e. The fourth-order valence-electron chi connectivity index (χ4n) is 4.54. The van der Waals surface area contributed by atoms with Crippen LogP contribution in [0.2, 0.25) is 0 Å². The van der Waals surface area contributed by atoms with Crippen LogP contribution in [0.5, 0.6) is 11.5 Å². The number of rotatable bonds is 5. The van der Waals surface area contributed by atoms with E-state index in [-0.39, 0.29) is 23.7 Å². The van der Waals surface area contributed by atoms with Gasteiger partial charge in [-0.1, -0.05) is 18.2 Å². The Morgan fingerprint density at radius 3 is 2.23 bits per heavy atom. The fraction of sp³-hybridized carbons (Fsp3) is 0.417. The van der Waals surface area contributed by atoms with Crippen molar-refractivity contribution in [3.8, 4) is 11.5 Å². The molecule has 0 saturated carbocycles. The van der Waals surface area contributed by atoms with Crippen molar-refractivity contribution in [1.82, 2.24) is 9.80 Å². The summed E-state index contributed by atoms with van der Waals surface area (Å²) < 4.78 is 10.7. The largest absolute Gasteiger partial charge is 0.497 e. The van der Waals surface area contributed by atoms with Crippen LogP contribution in [0.3, 0.4) is 0 Å². The molecular weight excluding hydrogens is 380 g/mol. The molecule has 2 aromatic carbocycles. The van der Waals surface area contributed by atoms with Crippen LogP contribution >= 0.6 is 0 Å². The number of likely N-dealkylation sites (tertiary alicyclic amines) is 2. The van der Waals surface area contributed by atoms with Crippen molar-refractivity contribution >= 4 is 11.8 Å². The number of hydrogen-bond donors (Lipinski definition) is 0. The number of benzene rings is 2. The van der Waals surface area contributed by atoms with Gasteiger partial charge in [-0.05, 0) is 48.7 Å². The van der Waals surface area contributed by atoms with Crippen LogP contribution in [-0.2, 0) is 4.79 Å². The van der Waals surface area contributed by atoms with Gasteiger partial charge in [-0.15, -0.1) is 0 Å². The summed E-state index contributed by atoms with van der Waals surface area (Å²) in [6.45, 7) is 2.55. The summed E-state index contributed by atoms with van der Waals surface area (Å²) >= 11 is 0. The molecule has 2 heterocycles. The van der Waals surface area contributed by atoms with Crippen LogP contribution in [0, 0.1) is 5.92 Å². The molecule has 6 nitrogen and oxygen atoms in total. The van der Waals surface area contributed by atoms with Gasteiger partial charge in [0, 0.05) is 37.7 Å². The summed E-state index contributed by atoms with van der Waals surface area (Å²) in [6.07, 6.45) is 2.10. The van der Waals surface area contributed by atoms with Crippen LogP contribution in [0.25, 0.3) is 0 Å². The number of carbonyl (C=O) groups excluding carboxylic acids is 2. The first-order chi connectivity index (χ1) is 14.6. The average molecular weight is 408 g/mol. The summed E-state index contributed by atoms with van der Waals surface area (Å²) in [4.78, 5) is 30.3. The van der Waals surface area contributed by atoms with E-state index < -0.39 is 0 Å². The van der Waals surface area contributed by atoms with Crippen molar-refractivity contribution in [3.63, 3.8) is 0 Å². The molecule has 2 aliphatic heterocycles. The lowest BCUT2D eigenvalue weighted by molar-refractivity contribution is -0.134. The van der Waals surface area contributed by atoms with Crippen molar-refractivity contribution in [2.75, 3.05) is 40.4 Å². The molecule has 2 atom stereocenters. The van der Waals surface area contributed by atoms with Crippen molar-refractivity contribution in [3.05, 3.63) is 59.7 Å². The minimum atomic E-state index is -0.246. The third-order valence-corrected chi connectivity index (χ3v) is 6.18. The summed E-state index contributed by atoms with van der Waals surface area (Å²) in [6, 6.07) is 15.0. The normalized spacial score (nSPS) is 21.0. The standard InChI is InChI=1S/C24H28N2O4/c1-29-19-9-5-7-17(13-19)21-15-26(16-22(21)24(28)25-11-3-4-12-25)23(27)18-8-6-10-20(14-18)30-2/h5-10,13-14,21-22H,3-4,11-12,15-16H2,1-2H3. The second-order valence-electron chi connectivity index (χ2n) is 7.96. The molecule has 158 valence electrons. The molecule has 30 heavy (non-hydrogen) atoms. The number of carbonyl (C=O) groups is 2. The highest BCUT2D eigenvalue weighted by atomic mass is 16.5. The molecule has 0 bridgehead atoms. The number of methoxy groups -OCH3 is 2. The Morgan fingerprint density at radius 1 is 0.867 bits per heavy atom. The molecule has 2 amide bonds.